The zero-order valence-corrected chi connectivity index (χ0v) is 23.4. The molecule has 2 aliphatic rings. The molecule has 2 saturated heterocycles. The maximum absolute atomic E-state index is 12.4. The first-order valence-corrected chi connectivity index (χ1v) is 16.6. The molecule has 2 heterocycles. The van der Waals surface area contributed by atoms with E-state index in [1.54, 1.807) is 12.2 Å². The van der Waals surface area contributed by atoms with Crippen LogP contribution < -0.4 is 10.6 Å². The van der Waals surface area contributed by atoms with Crippen molar-refractivity contribution < 1.29 is 9.59 Å². The van der Waals surface area contributed by atoms with Crippen molar-refractivity contribution >= 4 is 79.1 Å². The standard InChI is InChI=1S/C26H30Cl2N2O2S3/c27-21-17-19(3-7-25(31)34-13-9-29-10-14-34)1-5-23(21)33-24-6-2-20(18-22(24)28)4-8-26(32)35-15-11-30-12-16-35/h1-8,17-18,29-30,34-35H,9-16H2/b7-3+,8-4+. The van der Waals surface area contributed by atoms with Crippen molar-refractivity contribution in [3.05, 3.63) is 69.7 Å². The second-order valence-electron chi connectivity index (χ2n) is 8.30. The monoisotopic (exact) mass is 568 g/mol. The van der Waals surface area contributed by atoms with Crippen molar-refractivity contribution in [3.63, 3.8) is 0 Å². The lowest BCUT2D eigenvalue weighted by Crippen LogP contribution is -2.30. The van der Waals surface area contributed by atoms with E-state index < -0.39 is 21.8 Å². The molecule has 2 aromatic carbocycles. The Kier molecular flexibility index (Phi) is 10.3. The predicted octanol–water partition coefficient (Wildman–Crippen LogP) is 5.43. The summed E-state index contributed by atoms with van der Waals surface area (Å²) in [5.41, 5.74) is 1.81. The Bertz CT molecular complexity index is 1040. The second-order valence-corrected chi connectivity index (χ2v) is 15.0. The first-order valence-electron chi connectivity index (χ1n) is 11.6. The van der Waals surface area contributed by atoms with Gasteiger partial charge in [0, 0.05) is 36.0 Å². The van der Waals surface area contributed by atoms with Gasteiger partial charge in [-0.15, -0.1) is 0 Å². The summed E-state index contributed by atoms with van der Waals surface area (Å²) in [7, 11) is -1.12. The molecule has 0 aliphatic carbocycles. The van der Waals surface area contributed by atoms with Crippen LogP contribution in [-0.4, -0.2) is 59.4 Å². The average Bonchev–Trinajstić information content (AvgIpc) is 2.89. The molecule has 0 spiro atoms. The largest absolute Gasteiger partial charge is 0.315 e. The van der Waals surface area contributed by atoms with E-state index in [-0.39, 0.29) is 10.2 Å². The van der Waals surface area contributed by atoms with Gasteiger partial charge >= 0.3 is 0 Å². The van der Waals surface area contributed by atoms with E-state index in [1.807, 2.05) is 48.6 Å². The Morgan fingerprint density at radius 2 is 1.11 bits per heavy atom. The first-order chi connectivity index (χ1) is 17.0. The van der Waals surface area contributed by atoms with E-state index in [0.29, 0.717) is 10.0 Å². The summed E-state index contributed by atoms with van der Waals surface area (Å²) in [5.74, 6) is 3.83. The summed E-state index contributed by atoms with van der Waals surface area (Å²) < 4.78 is 0. The predicted molar refractivity (Wildman–Crippen MR) is 158 cm³/mol. The molecule has 35 heavy (non-hydrogen) atoms. The zero-order valence-electron chi connectivity index (χ0n) is 19.3. The summed E-state index contributed by atoms with van der Waals surface area (Å²) in [4.78, 5) is 26.7. The topological polar surface area (TPSA) is 58.2 Å². The van der Waals surface area contributed by atoms with Gasteiger partial charge in [-0.1, -0.05) is 59.2 Å². The van der Waals surface area contributed by atoms with E-state index in [1.165, 1.54) is 11.8 Å². The molecule has 2 N–H and O–H groups in total. The number of nitrogens with one attached hydrogen (secondary N) is 2. The van der Waals surface area contributed by atoms with Crippen LogP contribution in [0.15, 0.2) is 58.3 Å². The highest BCUT2D eigenvalue weighted by atomic mass is 35.5. The van der Waals surface area contributed by atoms with Gasteiger partial charge in [-0.05, 0) is 70.6 Å². The molecule has 0 atom stereocenters. The van der Waals surface area contributed by atoms with Crippen LogP contribution in [0.25, 0.3) is 12.2 Å². The van der Waals surface area contributed by atoms with Crippen LogP contribution in [0.2, 0.25) is 10.0 Å². The van der Waals surface area contributed by atoms with Crippen LogP contribution >= 0.6 is 56.8 Å². The SMILES string of the molecule is O=C(/C=C/c1ccc(Sc2ccc(/C=C/C(=O)[SH]3CCNCC3)cc2Cl)c(Cl)c1)[SH]1CCNCC1. The fraction of sp³-hybridized carbons (Fsp3) is 0.308. The number of rotatable bonds is 6. The summed E-state index contributed by atoms with van der Waals surface area (Å²) in [5, 5.41) is 8.33. The van der Waals surface area contributed by atoms with Crippen LogP contribution in [0.1, 0.15) is 11.1 Å². The second kappa shape index (κ2) is 13.4. The summed E-state index contributed by atoms with van der Waals surface area (Å²) in [6, 6.07) is 11.6. The molecule has 0 saturated carbocycles. The molecule has 0 bridgehead atoms. The molecule has 0 radical (unpaired) electrons. The van der Waals surface area contributed by atoms with E-state index in [0.717, 1.165) is 70.1 Å². The number of benzene rings is 2. The van der Waals surface area contributed by atoms with Crippen molar-refractivity contribution in [2.75, 3.05) is 49.2 Å². The Morgan fingerprint density at radius 1 is 0.714 bits per heavy atom. The summed E-state index contributed by atoms with van der Waals surface area (Å²) >= 11 is 14.6. The normalized spacial score (nSPS) is 18.9. The Labute approximate surface area is 227 Å². The van der Waals surface area contributed by atoms with Crippen molar-refractivity contribution in [2.45, 2.75) is 9.79 Å². The highest BCUT2D eigenvalue weighted by Crippen LogP contribution is 2.38. The highest BCUT2D eigenvalue weighted by Gasteiger charge is 2.15. The fourth-order valence-electron chi connectivity index (χ4n) is 3.84. The molecular weight excluding hydrogens is 539 g/mol. The van der Waals surface area contributed by atoms with Crippen molar-refractivity contribution in [3.8, 4) is 0 Å². The third kappa shape index (κ3) is 7.89. The van der Waals surface area contributed by atoms with Gasteiger partial charge < -0.3 is 10.6 Å². The van der Waals surface area contributed by atoms with Crippen molar-refractivity contribution in [1.29, 1.82) is 0 Å². The van der Waals surface area contributed by atoms with Crippen LogP contribution in [0.4, 0.5) is 0 Å². The Balaban J connectivity index is 1.37. The molecule has 0 amide bonds. The molecule has 188 valence electrons. The van der Waals surface area contributed by atoms with Crippen LogP contribution in [0, 0.1) is 0 Å². The van der Waals surface area contributed by atoms with Crippen molar-refractivity contribution in [1.82, 2.24) is 10.6 Å². The molecule has 9 heteroatoms. The minimum atomic E-state index is -0.558. The van der Waals surface area contributed by atoms with Gasteiger partial charge in [-0.2, -0.15) is 21.8 Å². The van der Waals surface area contributed by atoms with Crippen LogP contribution in [0.3, 0.4) is 0 Å². The fourth-order valence-corrected chi connectivity index (χ4v) is 8.88. The van der Waals surface area contributed by atoms with Gasteiger partial charge in [0.05, 0.1) is 10.0 Å². The van der Waals surface area contributed by atoms with E-state index in [4.69, 9.17) is 23.2 Å². The quantitative estimate of drug-likeness (QED) is 0.276. The summed E-state index contributed by atoms with van der Waals surface area (Å²) in [6.07, 6.45) is 7.12. The van der Waals surface area contributed by atoms with Gasteiger partial charge in [0.25, 0.3) is 0 Å². The van der Waals surface area contributed by atoms with Crippen molar-refractivity contribution in [2.24, 2.45) is 0 Å². The number of thiol groups is 2. The minimum Gasteiger partial charge on any atom is -0.315 e. The molecule has 2 aromatic rings. The molecule has 2 fully saturated rings. The Morgan fingerprint density at radius 3 is 1.49 bits per heavy atom. The smallest absolute Gasteiger partial charge is 0.192 e. The minimum absolute atomic E-state index is 0.246. The number of hydrogen-bond acceptors (Lipinski definition) is 5. The molecule has 0 aromatic heterocycles. The van der Waals surface area contributed by atoms with E-state index in [2.05, 4.69) is 10.6 Å². The van der Waals surface area contributed by atoms with Gasteiger partial charge in [0.15, 0.2) is 10.2 Å². The van der Waals surface area contributed by atoms with Gasteiger partial charge in [0.1, 0.15) is 0 Å². The number of carbonyl (C=O) groups excluding carboxylic acids is 2. The molecule has 0 unspecified atom stereocenters. The third-order valence-electron chi connectivity index (χ3n) is 5.83. The maximum Gasteiger partial charge on any atom is 0.192 e. The lowest BCUT2D eigenvalue weighted by molar-refractivity contribution is -0.107. The van der Waals surface area contributed by atoms with Gasteiger partial charge in [-0.25, -0.2) is 0 Å². The first kappa shape index (κ1) is 26.9. The van der Waals surface area contributed by atoms with E-state index in [9.17, 15) is 9.59 Å². The summed E-state index contributed by atoms with van der Waals surface area (Å²) in [6.45, 7) is 3.72. The lowest BCUT2D eigenvalue weighted by atomic mass is 10.2. The molecule has 2 aliphatic heterocycles. The van der Waals surface area contributed by atoms with Gasteiger partial charge in [0.2, 0.25) is 0 Å². The highest BCUT2D eigenvalue weighted by molar-refractivity contribution is 8.30. The number of hydrogen-bond donors (Lipinski definition) is 4. The van der Waals surface area contributed by atoms with Gasteiger partial charge in [-0.3, -0.25) is 9.59 Å². The van der Waals surface area contributed by atoms with Crippen LogP contribution in [-0.2, 0) is 9.59 Å². The third-order valence-corrected chi connectivity index (χ3v) is 12.4. The average molecular weight is 570 g/mol. The zero-order chi connectivity index (χ0) is 24.6. The molecule has 4 nitrogen and oxygen atoms in total. The van der Waals surface area contributed by atoms with Crippen LogP contribution in [0.5, 0.6) is 0 Å². The Hall–Kier alpha value is -1.19. The maximum atomic E-state index is 12.4. The number of halogens is 2. The van der Waals surface area contributed by atoms with E-state index >= 15 is 0 Å². The molecule has 4 rings (SSSR count). The lowest BCUT2D eigenvalue weighted by Gasteiger charge is -2.23. The number of carbonyl (C=O) groups is 2. The molecular formula is C26H30Cl2N2O2S3.